The van der Waals surface area contributed by atoms with Gasteiger partial charge in [0.25, 0.3) is 10.2 Å². The largest absolute Gasteiger partial charge is 0.496 e. The number of halogens is 1. The van der Waals surface area contributed by atoms with Gasteiger partial charge < -0.3 is 24.7 Å². The second kappa shape index (κ2) is 21.7. The van der Waals surface area contributed by atoms with E-state index in [4.69, 9.17) is 24.7 Å². The first kappa shape index (κ1) is 45.7. The Hall–Kier alpha value is -6.01. The first-order chi connectivity index (χ1) is 28.2. The van der Waals surface area contributed by atoms with E-state index in [9.17, 15) is 16.8 Å². The fraction of sp³-hybridized carbons (Fsp3) is 0.220. The van der Waals surface area contributed by atoms with Gasteiger partial charge in [0.05, 0.1) is 57.0 Å². The highest BCUT2D eigenvalue weighted by Gasteiger charge is 2.14. The summed E-state index contributed by atoms with van der Waals surface area (Å²) < 4.78 is 69.2. The van der Waals surface area contributed by atoms with Gasteiger partial charge in [0.15, 0.2) is 0 Å². The van der Waals surface area contributed by atoms with Crippen molar-refractivity contribution in [2.45, 2.75) is 19.8 Å². The molecule has 6 aromatic rings. The number of methoxy groups -OCH3 is 4. The van der Waals surface area contributed by atoms with Crippen LogP contribution in [0.15, 0.2) is 110 Å². The fourth-order valence-corrected chi connectivity index (χ4v) is 6.00. The number of anilines is 2. The highest BCUT2D eigenvalue weighted by molar-refractivity contribution is 8.13. The molecule has 312 valence electrons. The van der Waals surface area contributed by atoms with E-state index in [0.29, 0.717) is 35.7 Å². The molecule has 0 saturated carbocycles. The number of hydrogen-bond acceptors (Lipinski definition) is 13. The van der Waals surface area contributed by atoms with E-state index in [1.54, 1.807) is 39.8 Å². The first-order valence-corrected chi connectivity index (χ1v) is 21.8. The fourth-order valence-electron chi connectivity index (χ4n) is 5.45. The van der Waals surface area contributed by atoms with Crippen LogP contribution in [-0.4, -0.2) is 78.0 Å². The number of nitrogens with zero attached hydrogens (tertiary/aromatic N) is 4. The van der Waals surface area contributed by atoms with Gasteiger partial charge in [-0.2, -0.15) is 8.42 Å². The van der Waals surface area contributed by atoms with Gasteiger partial charge in [-0.25, -0.2) is 33.1 Å². The van der Waals surface area contributed by atoms with Crippen molar-refractivity contribution in [3.05, 3.63) is 132 Å². The van der Waals surface area contributed by atoms with Crippen LogP contribution >= 0.6 is 10.7 Å². The van der Waals surface area contributed by atoms with E-state index in [2.05, 4.69) is 40.1 Å². The van der Waals surface area contributed by atoms with E-state index in [-0.39, 0.29) is 5.75 Å². The number of nitrogens with one attached hydrogen (secondary N) is 2. The average Bonchev–Trinajstić information content (AvgIpc) is 3.24. The number of rotatable bonds is 14. The standard InChI is InChI=1S/C20H22N4O4S.C19H19N3O2.C2H5ClO2S/c1-21-29(25,26)24-18-11-14(8-9-20(18)28-3)10-15-12-17(23-13-22-15)16-6-4-5-7-19(16)27-2;1-23-18-6-4-3-5-15(18)17-11-14(21-12-22-17)9-13-7-8-19(24-2)16(20)10-13;1-2-6(3,4)5/h4-9,11-13,21,24H,10H2,1-3H3;3-8,10-12H,9,20H2,1-2H3;2H2,1H3. The van der Waals surface area contributed by atoms with Crippen molar-refractivity contribution in [2.75, 3.05) is 51.7 Å². The zero-order valence-corrected chi connectivity index (χ0v) is 35.7. The van der Waals surface area contributed by atoms with Gasteiger partial charge in [-0.05, 0) is 71.8 Å². The van der Waals surface area contributed by atoms with E-state index in [1.807, 2.05) is 84.9 Å². The molecule has 0 radical (unpaired) electrons. The van der Waals surface area contributed by atoms with Crippen molar-refractivity contribution in [1.82, 2.24) is 24.7 Å². The highest BCUT2D eigenvalue weighted by atomic mass is 35.7. The molecule has 0 unspecified atom stereocenters. The van der Waals surface area contributed by atoms with Crippen molar-refractivity contribution in [2.24, 2.45) is 0 Å². The summed E-state index contributed by atoms with van der Waals surface area (Å²) in [4.78, 5) is 17.4. The zero-order valence-electron chi connectivity index (χ0n) is 33.3. The molecule has 18 heteroatoms. The third-order valence-electron chi connectivity index (χ3n) is 8.40. The molecule has 4 aromatic carbocycles. The maximum Gasteiger partial charge on any atom is 0.298 e. The Labute approximate surface area is 349 Å². The van der Waals surface area contributed by atoms with Crippen LogP contribution in [-0.2, 0) is 32.1 Å². The average molecular weight is 864 g/mol. The number of para-hydroxylation sites is 2. The third kappa shape index (κ3) is 13.8. The normalized spacial score (nSPS) is 10.9. The van der Waals surface area contributed by atoms with Crippen LogP contribution in [0.2, 0.25) is 0 Å². The van der Waals surface area contributed by atoms with E-state index >= 15 is 0 Å². The summed E-state index contributed by atoms with van der Waals surface area (Å²) in [6, 6.07) is 30.3. The van der Waals surface area contributed by atoms with Crippen molar-refractivity contribution in [3.63, 3.8) is 0 Å². The van der Waals surface area contributed by atoms with Crippen LogP contribution in [0.3, 0.4) is 0 Å². The Morgan fingerprint density at radius 3 is 1.47 bits per heavy atom. The molecular weight excluding hydrogens is 818 g/mol. The summed E-state index contributed by atoms with van der Waals surface area (Å²) in [7, 11) is 5.53. The lowest BCUT2D eigenvalue weighted by molar-refractivity contribution is 0.416. The monoisotopic (exact) mass is 863 g/mol. The minimum Gasteiger partial charge on any atom is -0.496 e. The van der Waals surface area contributed by atoms with Gasteiger partial charge in [-0.15, -0.1) is 0 Å². The molecule has 0 bridgehead atoms. The maximum atomic E-state index is 11.9. The van der Waals surface area contributed by atoms with Crippen molar-refractivity contribution < 1.29 is 35.8 Å². The Morgan fingerprint density at radius 1 is 0.610 bits per heavy atom. The molecule has 0 atom stereocenters. The molecule has 4 N–H and O–H groups in total. The molecule has 15 nitrogen and oxygen atoms in total. The molecule has 0 spiro atoms. The lowest BCUT2D eigenvalue weighted by atomic mass is 10.1. The lowest BCUT2D eigenvalue weighted by Gasteiger charge is -2.13. The van der Waals surface area contributed by atoms with Crippen molar-refractivity contribution in [1.29, 1.82) is 0 Å². The second-order valence-electron chi connectivity index (χ2n) is 12.3. The molecule has 0 fully saturated rings. The second-order valence-corrected chi connectivity index (χ2v) is 17.0. The topological polar surface area (TPSA) is 207 Å². The minimum atomic E-state index is -3.66. The lowest BCUT2D eigenvalue weighted by Crippen LogP contribution is -2.26. The van der Waals surface area contributed by atoms with Crippen LogP contribution < -0.4 is 34.1 Å². The Kier molecular flexibility index (Phi) is 16.8. The Bertz CT molecular complexity index is 2550. The van der Waals surface area contributed by atoms with Gasteiger partial charge in [-0.1, -0.05) is 43.3 Å². The van der Waals surface area contributed by atoms with Crippen LogP contribution in [0.25, 0.3) is 22.5 Å². The number of nitrogen functional groups attached to an aromatic ring is 1. The molecule has 0 aliphatic carbocycles. The molecule has 0 saturated heterocycles. The summed E-state index contributed by atoms with van der Waals surface area (Å²) >= 11 is 0. The predicted octanol–water partition coefficient (Wildman–Crippen LogP) is 6.54. The summed E-state index contributed by atoms with van der Waals surface area (Å²) in [5.41, 5.74) is 14.0. The van der Waals surface area contributed by atoms with Crippen molar-refractivity contribution >= 4 is 41.3 Å². The summed E-state index contributed by atoms with van der Waals surface area (Å²) in [5.74, 6) is 2.62. The summed E-state index contributed by atoms with van der Waals surface area (Å²) in [5, 5.41) is 0. The smallest absolute Gasteiger partial charge is 0.298 e. The van der Waals surface area contributed by atoms with E-state index < -0.39 is 19.3 Å². The number of nitrogens with two attached hydrogens (primary N) is 1. The van der Waals surface area contributed by atoms with Gasteiger partial charge in [0, 0.05) is 53.1 Å². The van der Waals surface area contributed by atoms with E-state index in [0.717, 1.165) is 56.5 Å². The molecule has 0 amide bonds. The van der Waals surface area contributed by atoms with Crippen LogP contribution in [0.4, 0.5) is 11.4 Å². The molecule has 6 rings (SSSR count). The number of benzene rings is 4. The summed E-state index contributed by atoms with van der Waals surface area (Å²) in [6.45, 7) is 1.49. The SMILES string of the molecule is CCS(=O)(=O)Cl.CNS(=O)(=O)Nc1cc(Cc2cc(-c3ccccc3OC)ncn2)ccc1OC.COc1ccc(Cc2cc(-c3ccccc3OC)ncn2)cc1N. The van der Waals surface area contributed by atoms with Crippen molar-refractivity contribution in [3.8, 4) is 45.5 Å². The third-order valence-corrected chi connectivity index (χ3v) is 10.8. The minimum absolute atomic E-state index is 0.00849. The Morgan fingerprint density at radius 2 is 1.05 bits per heavy atom. The van der Waals surface area contributed by atoms with Crippen LogP contribution in [0.5, 0.6) is 23.0 Å². The van der Waals surface area contributed by atoms with Gasteiger partial charge >= 0.3 is 0 Å². The predicted molar refractivity (Wildman–Crippen MR) is 231 cm³/mol. The maximum absolute atomic E-state index is 11.9. The quantitative estimate of drug-likeness (QED) is 0.0787. The molecular formula is C41H46ClN7O8S2. The van der Waals surface area contributed by atoms with Gasteiger partial charge in [-0.3, -0.25) is 4.72 Å². The molecule has 59 heavy (non-hydrogen) atoms. The van der Waals surface area contributed by atoms with Gasteiger partial charge in [0.2, 0.25) is 9.05 Å². The van der Waals surface area contributed by atoms with Crippen LogP contribution in [0.1, 0.15) is 29.4 Å². The van der Waals surface area contributed by atoms with E-state index in [1.165, 1.54) is 27.4 Å². The summed E-state index contributed by atoms with van der Waals surface area (Å²) in [6.07, 6.45) is 4.23. The van der Waals surface area contributed by atoms with Crippen LogP contribution in [0, 0.1) is 0 Å². The molecule has 0 aliphatic rings. The zero-order chi connectivity index (χ0) is 43.0. The highest BCUT2D eigenvalue weighted by Crippen LogP contribution is 2.31. The number of aromatic nitrogens is 4. The Balaban J connectivity index is 0.000000232. The molecule has 2 aromatic heterocycles. The first-order valence-electron chi connectivity index (χ1n) is 17.8. The number of hydrogen-bond donors (Lipinski definition) is 3. The van der Waals surface area contributed by atoms with Gasteiger partial charge in [0.1, 0.15) is 35.7 Å². The molecule has 0 aliphatic heterocycles. The number of ether oxygens (including phenoxy) is 4. The molecule has 2 heterocycles.